The first-order valence-corrected chi connectivity index (χ1v) is 12.8. The minimum Gasteiger partial charge on any atom is -0.454 e. The van der Waals surface area contributed by atoms with Gasteiger partial charge in [0.1, 0.15) is 0 Å². The van der Waals surface area contributed by atoms with E-state index in [0.717, 1.165) is 0 Å². The molecule has 0 bridgehead atoms. The lowest BCUT2D eigenvalue weighted by molar-refractivity contribution is -0.151. The number of carbonyl (C=O) groups is 4. The summed E-state index contributed by atoms with van der Waals surface area (Å²) in [4.78, 5) is 53.5. The van der Waals surface area contributed by atoms with Crippen molar-refractivity contribution >= 4 is 63.9 Å². The van der Waals surface area contributed by atoms with Crippen LogP contribution in [0.4, 0.5) is 5.69 Å². The highest BCUT2D eigenvalue weighted by Gasteiger charge is 2.39. The summed E-state index contributed by atoms with van der Waals surface area (Å²) in [5.41, 5.74) is 1.38. The van der Waals surface area contributed by atoms with E-state index in [2.05, 4.69) is 0 Å². The van der Waals surface area contributed by atoms with Gasteiger partial charge in [0.05, 0.1) is 11.6 Å². The van der Waals surface area contributed by atoms with E-state index in [1.54, 1.807) is 66.7 Å². The topological polar surface area (TPSA) is 80.8 Å². The highest BCUT2D eigenvalue weighted by molar-refractivity contribution is 6.31. The van der Waals surface area contributed by atoms with E-state index >= 15 is 0 Å². The minimum absolute atomic E-state index is 0.00288. The van der Waals surface area contributed by atoms with E-state index in [-0.39, 0.29) is 42.5 Å². The summed E-state index contributed by atoms with van der Waals surface area (Å²) in [6, 6.07) is 19.5. The molecule has 2 atom stereocenters. The normalized spacial score (nSPS) is 15.9. The van der Waals surface area contributed by atoms with E-state index in [9.17, 15) is 19.2 Å². The highest BCUT2D eigenvalue weighted by Crippen LogP contribution is 2.32. The fourth-order valence-corrected chi connectivity index (χ4v) is 4.64. The minimum atomic E-state index is -1.10. The molecule has 3 aromatic rings. The molecule has 190 valence electrons. The van der Waals surface area contributed by atoms with Crippen molar-refractivity contribution in [1.82, 2.24) is 0 Å². The van der Waals surface area contributed by atoms with Crippen molar-refractivity contribution < 1.29 is 23.9 Å². The largest absolute Gasteiger partial charge is 0.454 e. The Bertz CT molecular complexity index is 1330. The second-order valence-electron chi connectivity index (χ2n) is 8.54. The summed E-state index contributed by atoms with van der Waals surface area (Å²) in [7, 11) is 0. The van der Waals surface area contributed by atoms with Gasteiger partial charge in [0, 0.05) is 52.0 Å². The van der Waals surface area contributed by atoms with Crippen molar-refractivity contribution in [2.24, 2.45) is 5.92 Å². The molecule has 3 aromatic carbocycles. The van der Waals surface area contributed by atoms with Gasteiger partial charge in [0.15, 0.2) is 11.9 Å². The molecule has 1 saturated heterocycles. The number of nitrogens with zero attached hydrogens (tertiary/aromatic N) is 1. The number of ketones is 2. The van der Waals surface area contributed by atoms with Gasteiger partial charge in [0.2, 0.25) is 11.7 Å². The molecule has 9 heteroatoms. The molecule has 1 aliphatic rings. The zero-order valence-electron chi connectivity index (χ0n) is 19.5. The van der Waals surface area contributed by atoms with E-state index < -0.39 is 23.8 Å². The van der Waals surface area contributed by atoms with Crippen LogP contribution in [0.5, 0.6) is 0 Å². The molecule has 0 radical (unpaired) electrons. The van der Waals surface area contributed by atoms with Gasteiger partial charge in [-0.1, -0.05) is 53.5 Å². The van der Waals surface area contributed by atoms with Crippen molar-refractivity contribution in [3.63, 3.8) is 0 Å². The van der Waals surface area contributed by atoms with Crippen LogP contribution < -0.4 is 4.90 Å². The quantitative estimate of drug-likeness (QED) is 0.183. The molecule has 0 saturated carbocycles. The molecule has 1 aliphatic heterocycles. The van der Waals surface area contributed by atoms with Crippen LogP contribution in [0.3, 0.4) is 0 Å². The van der Waals surface area contributed by atoms with E-state index in [0.29, 0.717) is 26.9 Å². The maximum Gasteiger partial charge on any atom is 0.312 e. The smallest absolute Gasteiger partial charge is 0.312 e. The zero-order chi connectivity index (χ0) is 26.5. The summed E-state index contributed by atoms with van der Waals surface area (Å²) in [5.74, 6) is -2.45. The number of hydrogen-bond acceptors (Lipinski definition) is 5. The summed E-state index contributed by atoms with van der Waals surface area (Å²) >= 11 is 17.9. The van der Waals surface area contributed by atoms with Gasteiger partial charge in [-0.05, 0) is 42.5 Å². The van der Waals surface area contributed by atoms with Gasteiger partial charge in [-0.15, -0.1) is 11.6 Å². The Labute approximate surface area is 229 Å². The van der Waals surface area contributed by atoms with Crippen LogP contribution in [-0.4, -0.2) is 42.0 Å². The van der Waals surface area contributed by atoms with Crippen LogP contribution in [0, 0.1) is 5.92 Å². The zero-order valence-corrected chi connectivity index (χ0v) is 21.8. The Morgan fingerprint density at radius 2 is 1.59 bits per heavy atom. The standard InChI is InChI=1S/C28H22Cl3NO5/c29-13-12-24(27(35)18-6-8-20(30)9-7-18)37-28(36)19-14-25(33)32(16-19)23-11-10-21(31)15-22(23)26(34)17-4-2-1-3-5-17/h1-11,15,19,24H,12-14,16H2/t19-,24-/m1/s1. The molecule has 1 heterocycles. The average molecular weight is 559 g/mol. The van der Waals surface area contributed by atoms with Gasteiger partial charge in [-0.2, -0.15) is 0 Å². The number of esters is 1. The summed E-state index contributed by atoms with van der Waals surface area (Å²) in [5, 5.41) is 0.814. The number of amides is 1. The average Bonchev–Trinajstić information content (AvgIpc) is 3.30. The maximum atomic E-state index is 13.2. The van der Waals surface area contributed by atoms with Gasteiger partial charge in [-0.25, -0.2) is 0 Å². The van der Waals surface area contributed by atoms with E-state index in [1.165, 1.54) is 11.0 Å². The number of rotatable bonds is 9. The van der Waals surface area contributed by atoms with Gasteiger partial charge >= 0.3 is 5.97 Å². The molecule has 1 amide bonds. The van der Waals surface area contributed by atoms with Crippen LogP contribution in [0.2, 0.25) is 10.0 Å². The molecule has 0 N–H and O–H groups in total. The van der Waals surface area contributed by atoms with Gasteiger partial charge in [-0.3, -0.25) is 19.2 Å². The number of ether oxygens (including phenoxy) is 1. The lowest BCUT2D eigenvalue weighted by Crippen LogP contribution is -2.32. The van der Waals surface area contributed by atoms with E-state index in [4.69, 9.17) is 39.5 Å². The molecule has 0 spiro atoms. The maximum absolute atomic E-state index is 13.2. The first kappa shape index (κ1) is 26.9. The van der Waals surface area contributed by atoms with Crippen molar-refractivity contribution in [1.29, 1.82) is 0 Å². The Kier molecular flexibility index (Phi) is 8.64. The number of benzene rings is 3. The number of anilines is 1. The molecule has 0 aromatic heterocycles. The monoisotopic (exact) mass is 557 g/mol. The van der Waals surface area contributed by atoms with Crippen LogP contribution in [0.15, 0.2) is 72.8 Å². The second-order valence-corrected chi connectivity index (χ2v) is 9.79. The number of Topliss-reactive ketones (excluding diaryl/α,β-unsaturated/α-hetero) is 1. The Balaban J connectivity index is 1.53. The van der Waals surface area contributed by atoms with Crippen molar-refractivity contribution in [2.45, 2.75) is 18.9 Å². The van der Waals surface area contributed by atoms with Crippen LogP contribution in [0.25, 0.3) is 0 Å². The third kappa shape index (κ3) is 6.21. The van der Waals surface area contributed by atoms with Gasteiger partial charge < -0.3 is 9.64 Å². The summed E-state index contributed by atoms with van der Waals surface area (Å²) < 4.78 is 5.55. The van der Waals surface area contributed by atoms with Gasteiger partial charge in [0.25, 0.3) is 0 Å². The predicted octanol–water partition coefficient (Wildman–Crippen LogP) is 6.00. The number of hydrogen-bond donors (Lipinski definition) is 0. The molecule has 37 heavy (non-hydrogen) atoms. The Morgan fingerprint density at radius 1 is 0.919 bits per heavy atom. The van der Waals surface area contributed by atoms with Crippen molar-refractivity contribution in [2.75, 3.05) is 17.3 Å². The van der Waals surface area contributed by atoms with Crippen LogP contribution in [-0.2, 0) is 14.3 Å². The third-order valence-electron chi connectivity index (χ3n) is 6.04. The van der Waals surface area contributed by atoms with Crippen molar-refractivity contribution in [3.8, 4) is 0 Å². The number of alkyl halides is 1. The van der Waals surface area contributed by atoms with Crippen molar-refractivity contribution in [3.05, 3.63) is 99.5 Å². The highest BCUT2D eigenvalue weighted by atomic mass is 35.5. The number of carbonyl (C=O) groups excluding carboxylic acids is 4. The Morgan fingerprint density at radius 3 is 2.27 bits per heavy atom. The van der Waals surface area contributed by atoms with Crippen LogP contribution in [0.1, 0.15) is 39.1 Å². The lowest BCUT2D eigenvalue weighted by atomic mass is 10.0. The molecule has 0 unspecified atom stereocenters. The predicted molar refractivity (Wildman–Crippen MR) is 143 cm³/mol. The first-order valence-electron chi connectivity index (χ1n) is 11.5. The fourth-order valence-electron chi connectivity index (χ4n) is 4.15. The first-order chi connectivity index (χ1) is 17.8. The fraction of sp³-hybridized carbons (Fsp3) is 0.214. The molecule has 1 fully saturated rings. The third-order valence-corrected chi connectivity index (χ3v) is 6.74. The summed E-state index contributed by atoms with van der Waals surface area (Å²) in [6.45, 7) is -0.00288. The number of halogens is 3. The second kappa shape index (κ2) is 11.9. The SMILES string of the molecule is O=C(c1ccccc1)c1cc(Cl)ccc1N1C[C@H](C(=O)O[C@H](CCCl)C(=O)c2ccc(Cl)cc2)CC1=O. The molecular formula is C28H22Cl3NO5. The Hall–Kier alpha value is -3.19. The molecule has 6 nitrogen and oxygen atoms in total. The molecule has 4 rings (SSSR count). The van der Waals surface area contributed by atoms with Crippen LogP contribution >= 0.6 is 34.8 Å². The molecule has 0 aliphatic carbocycles. The summed E-state index contributed by atoms with van der Waals surface area (Å²) in [6.07, 6.45) is -1.10. The van der Waals surface area contributed by atoms with E-state index in [1.807, 2.05) is 0 Å². The lowest BCUT2D eigenvalue weighted by Gasteiger charge is -2.21. The molecular weight excluding hydrogens is 537 g/mol.